The number of rotatable bonds is 6. The van der Waals surface area contributed by atoms with Gasteiger partial charge in [-0.2, -0.15) is 0 Å². The van der Waals surface area contributed by atoms with E-state index in [1.165, 1.54) is 5.56 Å². The Bertz CT molecular complexity index is 1240. The smallest absolute Gasteiger partial charge is 0.255 e. The van der Waals surface area contributed by atoms with E-state index in [9.17, 15) is 4.79 Å². The molecule has 0 radical (unpaired) electrons. The summed E-state index contributed by atoms with van der Waals surface area (Å²) in [7, 11) is 0. The minimum Gasteiger partial charge on any atom is -0.445 e. The van der Waals surface area contributed by atoms with Crippen LogP contribution in [0.4, 0.5) is 0 Å². The zero-order valence-electron chi connectivity index (χ0n) is 18.9. The third-order valence-electron chi connectivity index (χ3n) is 6.22. The molecule has 1 aliphatic rings. The van der Waals surface area contributed by atoms with Crippen LogP contribution < -0.4 is 0 Å². The molecule has 2 aromatic heterocycles. The van der Waals surface area contributed by atoms with E-state index >= 15 is 0 Å². The Kier molecular flexibility index (Phi) is 6.72. The summed E-state index contributed by atoms with van der Waals surface area (Å²) in [6.07, 6.45) is 6.79. The van der Waals surface area contributed by atoms with Gasteiger partial charge in [-0.25, -0.2) is 4.98 Å². The van der Waals surface area contributed by atoms with E-state index in [4.69, 9.17) is 16.0 Å². The fourth-order valence-electron chi connectivity index (χ4n) is 4.40. The van der Waals surface area contributed by atoms with Gasteiger partial charge in [-0.1, -0.05) is 54.1 Å². The van der Waals surface area contributed by atoms with Gasteiger partial charge in [0.2, 0.25) is 0 Å². The van der Waals surface area contributed by atoms with Gasteiger partial charge in [0, 0.05) is 42.8 Å². The van der Waals surface area contributed by atoms with Crippen LogP contribution in [0.5, 0.6) is 0 Å². The van der Waals surface area contributed by atoms with Gasteiger partial charge in [0.15, 0.2) is 5.89 Å². The molecule has 2 aromatic carbocycles. The quantitative estimate of drug-likeness (QED) is 0.350. The van der Waals surface area contributed by atoms with Gasteiger partial charge in [-0.3, -0.25) is 9.78 Å². The number of halogens is 1. The van der Waals surface area contributed by atoms with Gasteiger partial charge in [-0.05, 0) is 48.2 Å². The van der Waals surface area contributed by atoms with Crippen molar-refractivity contribution in [1.29, 1.82) is 0 Å². The topological polar surface area (TPSA) is 59.2 Å². The van der Waals surface area contributed by atoms with Crippen LogP contribution in [0.2, 0.25) is 5.02 Å². The molecule has 4 aromatic rings. The molecule has 1 amide bonds. The third-order valence-corrected chi connectivity index (χ3v) is 6.47. The number of pyridine rings is 1. The first-order valence-corrected chi connectivity index (χ1v) is 12.0. The molecule has 1 aliphatic heterocycles. The molecule has 0 N–H and O–H groups in total. The van der Waals surface area contributed by atoms with E-state index < -0.39 is 0 Å². The second-order valence-electron chi connectivity index (χ2n) is 8.76. The molecule has 0 bridgehead atoms. The molecule has 6 heteroatoms. The fourth-order valence-corrected chi connectivity index (χ4v) is 4.53. The number of carbonyl (C=O) groups excluding carboxylic acids is 1. The Morgan fingerprint density at radius 3 is 2.50 bits per heavy atom. The first-order chi connectivity index (χ1) is 16.6. The lowest BCUT2D eigenvalue weighted by atomic mass is 9.97. The zero-order valence-corrected chi connectivity index (χ0v) is 19.6. The standard InChI is InChI=1S/C28H26ClN3O2/c29-24-11-8-21(9-12-24)16-26-18-31-27(34-26)23-7-4-14-32(19-23)28(33)22-10-13-25(30-17-22)15-20-5-2-1-3-6-20/h1-3,5-6,8-13,17-18,23H,4,7,14-16,19H2/t23-/m0/s1. The summed E-state index contributed by atoms with van der Waals surface area (Å²) in [5, 5.41) is 0.718. The monoisotopic (exact) mass is 471 g/mol. The molecule has 34 heavy (non-hydrogen) atoms. The minimum absolute atomic E-state index is 0.0106. The second-order valence-corrected chi connectivity index (χ2v) is 9.20. The van der Waals surface area contributed by atoms with E-state index in [-0.39, 0.29) is 11.8 Å². The van der Waals surface area contributed by atoms with Crippen LogP contribution in [0.3, 0.4) is 0 Å². The molecular formula is C28H26ClN3O2. The molecule has 172 valence electrons. The Balaban J connectivity index is 1.21. The first kappa shape index (κ1) is 22.4. The Morgan fingerprint density at radius 2 is 1.74 bits per heavy atom. The number of nitrogens with zero attached hydrogens (tertiary/aromatic N) is 3. The van der Waals surface area contributed by atoms with Gasteiger partial charge in [0.1, 0.15) is 5.76 Å². The second kappa shape index (κ2) is 10.2. The highest BCUT2D eigenvalue weighted by Gasteiger charge is 2.28. The first-order valence-electron chi connectivity index (χ1n) is 11.6. The number of carbonyl (C=O) groups is 1. The average Bonchev–Trinajstić information content (AvgIpc) is 3.35. The lowest BCUT2D eigenvalue weighted by Crippen LogP contribution is -2.39. The van der Waals surface area contributed by atoms with Crippen molar-refractivity contribution in [3.05, 3.63) is 118 Å². The molecule has 3 heterocycles. The van der Waals surface area contributed by atoms with E-state index in [0.717, 1.165) is 47.8 Å². The molecule has 5 rings (SSSR count). The summed E-state index contributed by atoms with van der Waals surface area (Å²) in [5.74, 6) is 1.63. The van der Waals surface area contributed by atoms with Crippen molar-refractivity contribution in [2.45, 2.75) is 31.6 Å². The Labute approximate surface area is 204 Å². The summed E-state index contributed by atoms with van der Waals surface area (Å²) in [5.41, 5.74) is 3.89. The van der Waals surface area contributed by atoms with Crippen LogP contribution in [-0.4, -0.2) is 33.9 Å². The predicted octanol–water partition coefficient (Wildman–Crippen LogP) is 5.92. The summed E-state index contributed by atoms with van der Waals surface area (Å²) in [6, 6.07) is 21.8. The average molecular weight is 472 g/mol. The highest BCUT2D eigenvalue weighted by atomic mass is 35.5. The number of benzene rings is 2. The molecule has 0 saturated carbocycles. The van der Waals surface area contributed by atoms with E-state index in [2.05, 4.69) is 22.1 Å². The normalized spacial score (nSPS) is 15.9. The van der Waals surface area contributed by atoms with Gasteiger partial charge in [0.05, 0.1) is 17.7 Å². The molecular weight excluding hydrogens is 446 g/mol. The molecule has 1 saturated heterocycles. The highest BCUT2D eigenvalue weighted by molar-refractivity contribution is 6.30. The number of oxazole rings is 1. The van der Waals surface area contributed by atoms with Gasteiger partial charge in [0.25, 0.3) is 5.91 Å². The van der Waals surface area contributed by atoms with E-state index in [1.807, 2.05) is 59.5 Å². The molecule has 0 spiro atoms. The van der Waals surface area contributed by atoms with Crippen LogP contribution in [0.1, 0.15) is 57.6 Å². The number of hydrogen-bond acceptors (Lipinski definition) is 4. The highest BCUT2D eigenvalue weighted by Crippen LogP contribution is 2.28. The van der Waals surface area contributed by atoms with Crippen LogP contribution in [0.15, 0.2) is 83.5 Å². The zero-order chi connectivity index (χ0) is 23.3. The van der Waals surface area contributed by atoms with Crippen molar-refractivity contribution < 1.29 is 9.21 Å². The number of amides is 1. The summed E-state index contributed by atoms with van der Waals surface area (Å²) in [6.45, 7) is 1.34. The van der Waals surface area contributed by atoms with Crippen molar-refractivity contribution in [3.63, 3.8) is 0 Å². The maximum atomic E-state index is 13.1. The summed E-state index contributed by atoms with van der Waals surface area (Å²) >= 11 is 5.97. The molecule has 1 fully saturated rings. The fraction of sp³-hybridized carbons (Fsp3) is 0.250. The lowest BCUT2D eigenvalue weighted by Gasteiger charge is -2.31. The van der Waals surface area contributed by atoms with E-state index in [0.29, 0.717) is 24.4 Å². The van der Waals surface area contributed by atoms with Crippen molar-refractivity contribution in [3.8, 4) is 0 Å². The van der Waals surface area contributed by atoms with Crippen LogP contribution in [-0.2, 0) is 12.8 Å². The van der Waals surface area contributed by atoms with Crippen molar-refractivity contribution >= 4 is 17.5 Å². The molecule has 0 unspecified atom stereocenters. The number of aromatic nitrogens is 2. The van der Waals surface area contributed by atoms with Crippen LogP contribution in [0, 0.1) is 0 Å². The number of piperidine rings is 1. The van der Waals surface area contributed by atoms with Gasteiger partial charge < -0.3 is 9.32 Å². The predicted molar refractivity (Wildman–Crippen MR) is 132 cm³/mol. The SMILES string of the molecule is O=C(c1ccc(Cc2ccccc2)nc1)N1CCC[C@H](c2ncc(Cc3ccc(Cl)cc3)o2)C1. The third kappa shape index (κ3) is 5.37. The number of hydrogen-bond donors (Lipinski definition) is 0. The van der Waals surface area contributed by atoms with Crippen molar-refractivity contribution in [2.24, 2.45) is 0 Å². The molecule has 0 aliphatic carbocycles. The van der Waals surface area contributed by atoms with Gasteiger partial charge >= 0.3 is 0 Å². The summed E-state index contributed by atoms with van der Waals surface area (Å²) < 4.78 is 6.07. The summed E-state index contributed by atoms with van der Waals surface area (Å²) in [4.78, 5) is 24.1. The Hall–Kier alpha value is -3.44. The van der Waals surface area contributed by atoms with Crippen LogP contribution in [0.25, 0.3) is 0 Å². The van der Waals surface area contributed by atoms with Gasteiger partial charge in [-0.15, -0.1) is 0 Å². The Morgan fingerprint density at radius 1 is 0.941 bits per heavy atom. The van der Waals surface area contributed by atoms with Crippen molar-refractivity contribution in [2.75, 3.05) is 13.1 Å². The van der Waals surface area contributed by atoms with E-state index in [1.54, 1.807) is 12.4 Å². The lowest BCUT2D eigenvalue weighted by molar-refractivity contribution is 0.0697. The van der Waals surface area contributed by atoms with Crippen LogP contribution >= 0.6 is 11.6 Å². The molecule has 5 nitrogen and oxygen atoms in total. The maximum Gasteiger partial charge on any atom is 0.255 e. The molecule has 1 atom stereocenters. The van der Waals surface area contributed by atoms with Crippen molar-refractivity contribution in [1.82, 2.24) is 14.9 Å². The largest absolute Gasteiger partial charge is 0.445 e. The number of likely N-dealkylation sites (tertiary alicyclic amines) is 1. The minimum atomic E-state index is 0.0106. The maximum absolute atomic E-state index is 13.1.